The molecule has 3 nitrogen and oxygen atoms in total. The molecule has 96 valence electrons. The molecule has 1 aromatic heterocycles. The van der Waals surface area contributed by atoms with Crippen molar-refractivity contribution in [3.05, 3.63) is 21.9 Å². The lowest BCUT2D eigenvalue weighted by Crippen LogP contribution is -2.43. The Morgan fingerprint density at radius 3 is 3.28 bits per heavy atom. The second kappa shape index (κ2) is 6.03. The van der Waals surface area contributed by atoms with Crippen LogP contribution in [-0.4, -0.2) is 29.9 Å². The topological polar surface area (TPSA) is 32.3 Å². The summed E-state index contributed by atoms with van der Waals surface area (Å²) in [6.07, 6.45) is 1.13. The molecule has 0 aromatic carbocycles. The van der Waals surface area contributed by atoms with Crippen LogP contribution in [-0.2, 0) is 17.8 Å². The molecule has 2 rings (SSSR count). The second-order valence-corrected chi connectivity index (χ2v) is 5.52. The lowest BCUT2D eigenvalue weighted by Gasteiger charge is -2.32. The van der Waals surface area contributed by atoms with Crippen LogP contribution in [0.5, 0.6) is 0 Å². The van der Waals surface area contributed by atoms with E-state index in [0.29, 0.717) is 12.6 Å². The number of thiophene rings is 1. The number of carbonyl (C=O) groups excluding carboxylic acids is 1. The minimum Gasteiger partial charge on any atom is -0.344 e. The van der Waals surface area contributed by atoms with Gasteiger partial charge in [-0.15, -0.1) is 11.3 Å². The van der Waals surface area contributed by atoms with Crippen LogP contribution in [0.15, 0.2) is 11.4 Å². The average Bonchev–Trinajstić information content (AvgIpc) is 2.83. The normalized spacial score (nSPS) is 16.3. The summed E-state index contributed by atoms with van der Waals surface area (Å²) >= 11 is 1.85. The molecule has 1 aromatic rings. The quantitative estimate of drug-likeness (QED) is 0.840. The van der Waals surface area contributed by atoms with E-state index < -0.39 is 0 Å². The maximum absolute atomic E-state index is 11.3. The number of nitrogens with one attached hydrogen (secondary N) is 1. The number of hydrogen-bond donors (Lipinski definition) is 1. The van der Waals surface area contributed by atoms with Crippen LogP contribution < -0.4 is 5.32 Å². The second-order valence-electron chi connectivity index (χ2n) is 4.52. The molecule has 18 heavy (non-hydrogen) atoms. The van der Waals surface area contributed by atoms with Crippen LogP contribution in [0.1, 0.15) is 24.3 Å². The lowest BCUT2D eigenvalue weighted by molar-refractivity contribution is -0.115. The van der Waals surface area contributed by atoms with Crippen molar-refractivity contribution < 1.29 is 4.79 Å². The molecule has 0 radical (unpaired) electrons. The highest BCUT2D eigenvalue weighted by atomic mass is 32.1. The standard InChI is InChI=1S/C14H18N2OS/c1-3-4-14(17)15-9-11(2)16-7-5-13-12(10-16)6-8-18-13/h6,8,11H,5,7,9-10H2,1-2H3,(H,15,17). The van der Waals surface area contributed by atoms with Crippen LogP contribution in [0.3, 0.4) is 0 Å². The zero-order valence-electron chi connectivity index (χ0n) is 10.8. The van der Waals surface area contributed by atoms with Crippen molar-refractivity contribution in [1.82, 2.24) is 10.2 Å². The zero-order valence-corrected chi connectivity index (χ0v) is 11.6. The Bertz CT molecular complexity index is 483. The molecule has 0 fully saturated rings. The molecular formula is C14H18N2OS. The predicted octanol–water partition coefficient (Wildman–Crippen LogP) is 1.63. The summed E-state index contributed by atoms with van der Waals surface area (Å²) < 4.78 is 0. The molecule has 0 bridgehead atoms. The van der Waals surface area contributed by atoms with Crippen LogP contribution >= 0.6 is 11.3 Å². The van der Waals surface area contributed by atoms with E-state index in [4.69, 9.17) is 0 Å². The molecule has 1 amide bonds. The molecule has 0 saturated heterocycles. The molecule has 1 atom stereocenters. The maximum Gasteiger partial charge on any atom is 0.295 e. The van der Waals surface area contributed by atoms with Gasteiger partial charge in [-0.1, -0.05) is 5.92 Å². The summed E-state index contributed by atoms with van der Waals surface area (Å²) in [5, 5.41) is 5.01. The van der Waals surface area contributed by atoms with Crippen molar-refractivity contribution >= 4 is 17.2 Å². The third kappa shape index (κ3) is 3.12. The van der Waals surface area contributed by atoms with E-state index in [9.17, 15) is 4.79 Å². The first-order valence-electron chi connectivity index (χ1n) is 6.20. The van der Waals surface area contributed by atoms with Crippen molar-refractivity contribution in [3.63, 3.8) is 0 Å². The lowest BCUT2D eigenvalue weighted by atomic mass is 10.1. The molecule has 0 aliphatic carbocycles. The van der Waals surface area contributed by atoms with E-state index in [2.05, 4.69) is 40.4 Å². The first kappa shape index (κ1) is 13.1. The van der Waals surface area contributed by atoms with Gasteiger partial charge in [0.05, 0.1) is 0 Å². The molecule has 0 saturated carbocycles. The Kier molecular flexibility index (Phi) is 4.40. The molecule has 2 heterocycles. The summed E-state index contributed by atoms with van der Waals surface area (Å²) in [5.41, 5.74) is 1.44. The monoisotopic (exact) mass is 262 g/mol. The summed E-state index contributed by atoms with van der Waals surface area (Å²) in [6, 6.07) is 2.56. The van der Waals surface area contributed by atoms with Gasteiger partial charge in [0.2, 0.25) is 0 Å². The highest BCUT2D eigenvalue weighted by molar-refractivity contribution is 7.10. The minimum atomic E-state index is -0.183. The van der Waals surface area contributed by atoms with Gasteiger partial charge in [0.25, 0.3) is 5.91 Å². The highest BCUT2D eigenvalue weighted by Gasteiger charge is 2.21. The largest absolute Gasteiger partial charge is 0.344 e. The fraction of sp³-hybridized carbons (Fsp3) is 0.500. The average molecular weight is 262 g/mol. The molecular weight excluding hydrogens is 244 g/mol. The first-order valence-corrected chi connectivity index (χ1v) is 7.08. The van der Waals surface area contributed by atoms with Crippen molar-refractivity contribution in [2.24, 2.45) is 0 Å². The van der Waals surface area contributed by atoms with E-state index in [1.807, 2.05) is 11.3 Å². The Labute approximate surface area is 112 Å². The van der Waals surface area contributed by atoms with Crippen LogP contribution in [0.4, 0.5) is 0 Å². The van der Waals surface area contributed by atoms with E-state index in [-0.39, 0.29) is 5.91 Å². The van der Waals surface area contributed by atoms with Crippen molar-refractivity contribution in [1.29, 1.82) is 0 Å². The number of nitrogens with zero attached hydrogens (tertiary/aromatic N) is 1. The van der Waals surface area contributed by atoms with Crippen LogP contribution in [0.2, 0.25) is 0 Å². The van der Waals surface area contributed by atoms with Crippen molar-refractivity contribution in [2.75, 3.05) is 13.1 Å². The summed E-state index contributed by atoms with van der Waals surface area (Å²) in [5.74, 6) is 4.92. The number of carbonyl (C=O) groups is 1. The number of fused-ring (bicyclic) bond motifs is 1. The van der Waals surface area contributed by atoms with E-state index in [0.717, 1.165) is 19.5 Å². The van der Waals surface area contributed by atoms with Gasteiger partial charge in [-0.05, 0) is 43.2 Å². The molecule has 0 spiro atoms. The van der Waals surface area contributed by atoms with Crippen LogP contribution in [0, 0.1) is 11.8 Å². The molecule has 4 heteroatoms. The minimum absolute atomic E-state index is 0.183. The summed E-state index contributed by atoms with van der Waals surface area (Å²) in [4.78, 5) is 15.2. The van der Waals surface area contributed by atoms with Gasteiger partial charge in [-0.3, -0.25) is 9.69 Å². The third-order valence-electron chi connectivity index (χ3n) is 3.26. The van der Waals surface area contributed by atoms with Crippen LogP contribution in [0.25, 0.3) is 0 Å². The summed E-state index contributed by atoms with van der Waals surface area (Å²) in [6.45, 7) is 6.55. The Morgan fingerprint density at radius 2 is 2.50 bits per heavy atom. The Morgan fingerprint density at radius 1 is 1.67 bits per heavy atom. The van der Waals surface area contributed by atoms with Gasteiger partial charge in [0.1, 0.15) is 0 Å². The van der Waals surface area contributed by atoms with E-state index in [1.54, 1.807) is 6.92 Å². The summed E-state index contributed by atoms with van der Waals surface area (Å²) in [7, 11) is 0. The van der Waals surface area contributed by atoms with Gasteiger partial charge >= 0.3 is 0 Å². The molecule has 1 aliphatic heterocycles. The van der Waals surface area contributed by atoms with Gasteiger partial charge < -0.3 is 5.32 Å². The van der Waals surface area contributed by atoms with Gasteiger partial charge in [0.15, 0.2) is 0 Å². The fourth-order valence-corrected chi connectivity index (χ4v) is 3.06. The fourth-order valence-electron chi connectivity index (χ4n) is 2.17. The smallest absolute Gasteiger partial charge is 0.295 e. The van der Waals surface area contributed by atoms with Gasteiger partial charge in [-0.2, -0.15) is 0 Å². The van der Waals surface area contributed by atoms with Gasteiger partial charge in [-0.25, -0.2) is 0 Å². The van der Waals surface area contributed by atoms with Crippen molar-refractivity contribution in [2.45, 2.75) is 32.9 Å². The molecule has 1 N–H and O–H groups in total. The molecule has 1 aliphatic rings. The highest BCUT2D eigenvalue weighted by Crippen LogP contribution is 2.24. The molecule has 1 unspecified atom stereocenters. The van der Waals surface area contributed by atoms with E-state index >= 15 is 0 Å². The van der Waals surface area contributed by atoms with E-state index in [1.165, 1.54) is 10.4 Å². The first-order chi connectivity index (χ1) is 8.70. The number of amides is 1. The SMILES string of the molecule is CC#CC(=O)NCC(C)N1CCc2sccc2C1. The maximum atomic E-state index is 11.3. The third-order valence-corrected chi connectivity index (χ3v) is 4.28. The zero-order chi connectivity index (χ0) is 13.0. The Hall–Kier alpha value is -1.31. The van der Waals surface area contributed by atoms with Crippen molar-refractivity contribution in [3.8, 4) is 11.8 Å². The Balaban J connectivity index is 1.85. The van der Waals surface area contributed by atoms with Gasteiger partial charge in [0, 0.05) is 30.6 Å². The number of hydrogen-bond acceptors (Lipinski definition) is 3. The number of rotatable bonds is 3. The predicted molar refractivity (Wildman–Crippen MR) is 74.4 cm³/mol.